The van der Waals surface area contributed by atoms with Crippen LogP contribution in [-0.4, -0.2) is 33.9 Å². The van der Waals surface area contributed by atoms with Crippen molar-refractivity contribution >= 4 is 5.69 Å². The molecule has 3 aromatic rings. The summed E-state index contributed by atoms with van der Waals surface area (Å²) in [6.07, 6.45) is 0.600. The molecule has 160 valence electrons. The highest BCUT2D eigenvalue weighted by Crippen LogP contribution is 2.22. The molecule has 0 aliphatic carbocycles. The minimum absolute atomic E-state index is 0.0183. The normalized spacial score (nSPS) is 11.6. The summed E-state index contributed by atoms with van der Waals surface area (Å²) in [6, 6.07) is 9.28. The number of hydrogen-bond acceptors (Lipinski definition) is 9. The molecular weight excluding hydrogens is 408 g/mol. The van der Waals surface area contributed by atoms with Gasteiger partial charge in [0.2, 0.25) is 5.88 Å². The molecule has 0 aliphatic heterocycles. The van der Waals surface area contributed by atoms with Crippen molar-refractivity contribution in [2.75, 3.05) is 19.0 Å². The van der Waals surface area contributed by atoms with Crippen LogP contribution in [0.2, 0.25) is 0 Å². The first-order chi connectivity index (χ1) is 15.0. The van der Waals surface area contributed by atoms with E-state index in [4.69, 9.17) is 15.0 Å². The Balaban J connectivity index is 1.66. The Morgan fingerprint density at radius 1 is 1.10 bits per heavy atom. The first kappa shape index (κ1) is 21.7. The van der Waals surface area contributed by atoms with E-state index in [0.717, 1.165) is 0 Å². The number of hydrogen-bond donors (Lipinski definition) is 2. The van der Waals surface area contributed by atoms with Gasteiger partial charge in [0, 0.05) is 35.3 Å². The van der Waals surface area contributed by atoms with Crippen molar-refractivity contribution in [2.45, 2.75) is 13.3 Å². The van der Waals surface area contributed by atoms with Crippen molar-refractivity contribution in [3.05, 3.63) is 65.7 Å². The van der Waals surface area contributed by atoms with Gasteiger partial charge in [-0.3, -0.25) is 0 Å². The topological polar surface area (TPSA) is 118 Å². The third-order valence-corrected chi connectivity index (χ3v) is 4.17. The van der Waals surface area contributed by atoms with Gasteiger partial charge in [-0.1, -0.05) is 12.1 Å². The number of rotatable bonds is 9. The number of nitrogens with zero attached hydrogens (tertiary/aromatic N) is 5. The predicted molar refractivity (Wildman–Crippen MR) is 108 cm³/mol. The van der Waals surface area contributed by atoms with Crippen molar-refractivity contribution < 1.29 is 18.3 Å². The van der Waals surface area contributed by atoms with Crippen LogP contribution in [-0.2, 0) is 0 Å². The average Bonchev–Trinajstić information content (AvgIpc) is 2.82. The van der Waals surface area contributed by atoms with Gasteiger partial charge in [0.25, 0.3) is 6.43 Å². The molecule has 0 spiro atoms. The average molecular weight is 427 g/mol. The van der Waals surface area contributed by atoms with Crippen LogP contribution in [0.1, 0.15) is 18.9 Å². The molecule has 1 aromatic carbocycles. The van der Waals surface area contributed by atoms with E-state index >= 15 is 0 Å². The summed E-state index contributed by atoms with van der Waals surface area (Å²) in [7, 11) is 1.48. The van der Waals surface area contributed by atoms with Gasteiger partial charge in [0.05, 0.1) is 24.2 Å². The summed E-state index contributed by atoms with van der Waals surface area (Å²) >= 11 is 0. The summed E-state index contributed by atoms with van der Waals surface area (Å²) in [5.41, 5.74) is 9.81. The van der Waals surface area contributed by atoms with Crippen LogP contribution in [0.4, 0.5) is 14.5 Å². The Kier molecular flexibility index (Phi) is 7.09. The van der Waals surface area contributed by atoms with Gasteiger partial charge in [0.15, 0.2) is 0 Å². The minimum Gasteiger partial charge on any atom is -0.470 e. The highest BCUT2D eigenvalue weighted by atomic mass is 19.3. The fourth-order valence-electron chi connectivity index (χ4n) is 2.44. The van der Waals surface area contributed by atoms with Crippen molar-refractivity contribution in [2.24, 2.45) is 5.11 Å². The van der Waals surface area contributed by atoms with Gasteiger partial charge < -0.3 is 14.8 Å². The van der Waals surface area contributed by atoms with Crippen LogP contribution in [0.5, 0.6) is 11.9 Å². The molecule has 31 heavy (non-hydrogen) atoms. The fourth-order valence-corrected chi connectivity index (χ4v) is 2.44. The molecule has 0 amide bonds. The van der Waals surface area contributed by atoms with Crippen LogP contribution < -0.4 is 14.8 Å². The van der Waals surface area contributed by atoms with E-state index in [9.17, 15) is 8.78 Å². The van der Waals surface area contributed by atoms with E-state index in [1.54, 1.807) is 31.5 Å². The third-order valence-electron chi connectivity index (χ3n) is 4.17. The van der Waals surface area contributed by atoms with E-state index in [-0.39, 0.29) is 24.1 Å². The quantitative estimate of drug-likeness (QED) is 0.478. The van der Waals surface area contributed by atoms with E-state index in [0.29, 0.717) is 28.3 Å². The van der Waals surface area contributed by atoms with Gasteiger partial charge in [0.1, 0.15) is 6.61 Å². The maximum atomic E-state index is 12.7. The first-order valence-electron chi connectivity index (χ1n) is 9.05. The molecule has 0 saturated carbocycles. The lowest BCUT2D eigenvalue weighted by atomic mass is 10.2. The second-order valence-corrected chi connectivity index (χ2v) is 6.23. The molecule has 0 bridgehead atoms. The van der Waals surface area contributed by atoms with Crippen LogP contribution in [0, 0.1) is 5.53 Å². The summed E-state index contributed by atoms with van der Waals surface area (Å²) in [5, 5.41) is 14.6. The van der Waals surface area contributed by atoms with Gasteiger partial charge in [-0.15, -0.1) is 10.2 Å². The van der Waals surface area contributed by atoms with Crippen LogP contribution in [0.25, 0.3) is 11.3 Å². The molecule has 9 nitrogen and oxygen atoms in total. The number of anilines is 1. The van der Waals surface area contributed by atoms with Crippen molar-refractivity contribution in [3.63, 3.8) is 0 Å². The maximum Gasteiger partial charge on any atom is 0.316 e. The molecule has 11 heteroatoms. The Labute approximate surface area is 176 Å². The minimum atomic E-state index is -2.54. The summed E-state index contributed by atoms with van der Waals surface area (Å²) < 4.78 is 36.0. The van der Waals surface area contributed by atoms with E-state index in [1.165, 1.54) is 31.4 Å². The van der Waals surface area contributed by atoms with Gasteiger partial charge in [-0.2, -0.15) is 5.11 Å². The number of benzene rings is 1. The highest BCUT2D eigenvalue weighted by molar-refractivity contribution is 5.56. The molecular formula is C20H19F2N7O2. The van der Waals surface area contributed by atoms with E-state index < -0.39 is 6.43 Å². The lowest BCUT2D eigenvalue weighted by Gasteiger charge is -2.14. The molecule has 2 heterocycles. The molecule has 3 rings (SSSR count). The molecule has 2 aromatic heterocycles. The molecule has 0 fully saturated rings. The predicted octanol–water partition coefficient (Wildman–Crippen LogP) is 4.63. The first-order valence-corrected chi connectivity index (χ1v) is 9.05. The number of ether oxygens (including phenoxy) is 2. The second-order valence-electron chi connectivity index (χ2n) is 6.23. The molecule has 0 saturated heterocycles. The lowest BCUT2D eigenvalue weighted by Crippen LogP contribution is -2.12. The maximum absolute atomic E-state index is 12.7. The summed E-state index contributed by atoms with van der Waals surface area (Å²) in [5.74, 6) is 0.253. The molecule has 0 aliphatic rings. The molecule has 0 radical (unpaired) electrons. The monoisotopic (exact) mass is 427 g/mol. The zero-order valence-corrected chi connectivity index (χ0v) is 16.7. The number of allylic oxidation sites excluding steroid dienone is 1. The van der Waals surface area contributed by atoms with Gasteiger partial charge in [-0.25, -0.2) is 24.3 Å². The summed E-state index contributed by atoms with van der Waals surface area (Å²) in [6.45, 7) is 1.65. The molecule has 2 N–H and O–H groups in total. The SMILES string of the molecule is COc1ncc(-c2ccc(OC/C(Nc3ccc(C(F)F)cc3)=C(\C)N=N)nn2)cn1. The van der Waals surface area contributed by atoms with Gasteiger partial charge >= 0.3 is 6.01 Å². The fraction of sp³-hybridized carbons (Fsp3) is 0.200. The smallest absolute Gasteiger partial charge is 0.316 e. The second kappa shape index (κ2) is 10.1. The number of alkyl halides is 2. The number of nitrogens with one attached hydrogen (secondary N) is 2. The van der Waals surface area contributed by atoms with Crippen LogP contribution >= 0.6 is 0 Å². The van der Waals surface area contributed by atoms with Crippen LogP contribution in [0.15, 0.2) is 65.3 Å². The zero-order chi connectivity index (χ0) is 22.2. The van der Waals surface area contributed by atoms with Crippen molar-refractivity contribution in [1.29, 1.82) is 5.53 Å². The van der Waals surface area contributed by atoms with Crippen molar-refractivity contribution in [1.82, 2.24) is 20.2 Å². The number of methoxy groups -OCH3 is 1. The molecule has 0 atom stereocenters. The van der Waals surface area contributed by atoms with Gasteiger partial charge in [-0.05, 0) is 25.1 Å². The third kappa shape index (κ3) is 5.75. The summed E-state index contributed by atoms with van der Waals surface area (Å²) in [4.78, 5) is 8.05. The Bertz CT molecular complexity index is 1040. The largest absolute Gasteiger partial charge is 0.470 e. The Hall–Kier alpha value is -4.02. The Morgan fingerprint density at radius 2 is 1.81 bits per heavy atom. The molecule has 0 unspecified atom stereocenters. The number of halogens is 2. The standard InChI is InChI=1S/C20H19F2N7O2/c1-12(27-23)17(26-15-5-3-13(4-6-15)19(21)22)11-31-18-8-7-16(28-29-18)14-9-24-20(30-2)25-10-14/h3-10,19,23,26H,11H2,1-2H3/b17-12-,27-23?. The van der Waals surface area contributed by atoms with Crippen LogP contribution in [0.3, 0.4) is 0 Å². The van der Waals surface area contributed by atoms with E-state index in [1.807, 2.05) is 0 Å². The lowest BCUT2D eigenvalue weighted by molar-refractivity contribution is 0.151. The van der Waals surface area contributed by atoms with Crippen molar-refractivity contribution in [3.8, 4) is 23.1 Å². The zero-order valence-electron chi connectivity index (χ0n) is 16.7. The van der Waals surface area contributed by atoms with E-state index in [2.05, 4.69) is 30.6 Å². The Morgan fingerprint density at radius 3 is 2.35 bits per heavy atom. The number of aromatic nitrogens is 4. The highest BCUT2D eigenvalue weighted by Gasteiger charge is 2.10.